The summed E-state index contributed by atoms with van der Waals surface area (Å²) in [6.45, 7) is 0. The predicted octanol–water partition coefficient (Wildman–Crippen LogP) is 4.31. The molecule has 1 heterocycles. The van der Waals surface area contributed by atoms with Gasteiger partial charge in [-0.25, -0.2) is 4.99 Å². The molecule has 1 aliphatic heterocycles. The van der Waals surface area contributed by atoms with Crippen LogP contribution in [0, 0.1) is 0 Å². The van der Waals surface area contributed by atoms with Crippen LogP contribution in [0.4, 0.5) is 13.2 Å². The summed E-state index contributed by atoms with van der Waals surface area (Å²) in [6.07, 6.45) is -1.50. The number of halogens is 3. The summed E-state index contributed by atoms with van der Waals surface area (Å²) in [6, 6.07) is 11.8. The normalized spacial score (nSPS) is 21.0. The van der Waals surface area contributed by atoms with E-state index in [1.54, 1.807) is 30.3 Å². The molecule has 7 nitrogen and oxygen atoms in total. The molecule has 0 aromatic heterocycles. The van der Waals surface area contributed by atoms with Gasteiger partial charge in [0.25, 0.3) is 11.8 Å². The third-order valence-electron chi connectivity index (χ3n) is 6.35. The number of ether oxygens (including phenoxy) is 2. The zero-order valence-electron chi connectivity index (χ0n) is 19.4. The lowest BCUT2D eigenvalue weighted by molar-refractivity contribution is -0.197. The number of amides is 2. The topological polar surface area (TPSA) is 80.2 Å². The van der Waals surface area contributed by atoms with E-state index in [2.05, 4.69) is 4.99 Å². The molecule has 1 fully saturated rings. The Morgan fingerprint density at radius 2 is 1.69 bits per heavy atom. The molecule has 35 heavy (non-hydrogen) atoms. The van der Waals surface area contributed by atoms with E-state index in [-0.39, 0.29) is 17.1 Å². The van der Waals surface area contributed by atoms with Crippen molar-refractivity contribution in [3.8, 4) is 11.5 Å². The zero-order chi connectivity index (χ0) is 25.2. The van der Waals surface area contributed by atoms with Gasteiger partial charge in [-0.2, -0.15) is 13.2 Å². The molecule has 1 N–H and O–H groups in total. The van der Waals surface area contributed by atoms with Crippen molar-refractivity contribution >= 4 is 17.6 Å². The van der Waals surface area contributed by atoms with Crippen LogP contribution in [0.2, 0.25) is 0 Å². The molecular formula is C25H26F3N3O4. The summed E-state index contributed by atoms with van der Waals surface area (Å²) in [7, 11) is 2.74. The molecule has 1 atom stereocenters. The van der Waals surface area contributed by atoms with Gasteiger partial charge in [-0.15, -0.1) is 0 Å². The monoisotopic (exact) mass is 489 g/mol. The number of methoxy groups -OCH3 is 2. The van der Waals surface area contributed by atoms with Crippen LogP contribution in [0.1, 0.15) is 48.0 Å². The van der Waals surface area contributed by atoms with Gasteiger partial charge in [-0.05, 0) is 31.0 Å². The molecule has 4 rings (SSSR count). The second-order valence-electron chi connectivity index (χ2n) is 8.50. The molecule has 2 aromatic rings. The number of carbonyl (C=O) groups excluding carboxylic acids is 2. The minimum atomic E-state index is -5.18. The van der Waals surface area contributed by atoms with Crippen molar-refractivity contribution < 1.29 is 32.2 Å². The average molecular weight is 489 g/mol. The molecule has 1 saturated carbocycles. The molecule has 0 radical (unpaired) electrons. The molecule has 0 bridgehead atoms. The minimum absolute atomic E-state index is 0.0903. The lowest BCUT2D eigenvalue weighted by Gasteiger charge is -2.34. The molecule has 10 heteroatoms. The Balaban J connectivity index is 1.78. The Hall–Kier alpha value is -3.56. The highest BCUT2D eigenvalue weighted by atomic mass is 19.4. The van der Waals surface area contributed by atoms with E-state index in [9.17, 15) is 22.8 Å². The van der Waals surface area contributed by atoms with Crippen LogP contribution < -0.4 is 14.8 Å². The van der Waals surface area contributed by atoms with Crippen LogP contribution >= 0.6 is 0 Å². The second-order valence-corrected chi connectivity index (χ2v) is 8.50. The van der Waals surface area contributed by atoms with Crippen LogP contribution in [0.15, 0.2) is 53.5 Å². The molecular weight excluding hydrogens is 463 g/mol. The Kier molecular flexibility index (Phi) is 6.73. The van der Waals surface area contributed by atoms with Crippen LogP contribution in [0.25, 0.3) is 0 Å². The van der Waals surface area contributed by atoms with Gasteiger partial charge in [0, 0.05) is 17.2 Å². The van der Waals surface area contributed by atoms with Crippen molar-refractivity contribution in [2.24, 2.45) is 4.99 Å². The third-order valence-corrected chi connectivity index (χ3v) is 6.35. The van der Waals surface area contributed by atoms with E-state index in [0.29, 0.717) is 24.2 Å². The van der Waals surface area contributed by atoms with Crippen molar-refractivity contribution in [2.45, 2.75) is 50.0 Å². The predicted molar refractivity (Wildman–Crippen MR) is 122 cm³/mol. The Morgan fingerprint density at radius 1 is 1.03 bits per heavy atom. The molecule has 0 saturated heterocycles. The molecule has 1 aliphatic carbocycles. The van der Waals surface area contributed by atoms with E-state index in [4.69, 9.17) is 9.47 Å². The lowest BCUT2D eigenvalue weighted by atomic mass is 9.93. The number of alkyl halides is 3. The van der Waals surface area contributed by atoms with Crippen molar-refractivity contribution in [1.82, 2.24) is 10.2 Å². The van der Waals surface area contributed by atoms with E-state index >= 15 is 0 Å². The molecule has 1 unspecified atom stereocenters. The van der Waals surface area contributed by atoms with Gasteiger partial charge in [-0.1, -0.05) is 49.6 Å². The smallest absolute Gasteiger partial charge is 0.442 e. The fourth-order valence-corrected chi connectivity index (χ4v) is 4.55. The van der Waals surface area contributed by atoms with E-state index < -0.39 is 29.7 Å². The Bertz CT molecular complexity index is 1130. The SMILES string of the molecule is COc1ccc(C(=O)NC2(C(F)(F)F)N=C(c3ccccc3)N(C3CCCCC3)C2=O)cc1OC. The molecule has 0 spiro atoms. The highest BCUT2D eigenvalue weighted by Gasteiger charge is 2.67. The van der Waals surface area contributed by atoms with Gasteiger partial charge in [0.2, 0.25) is 0 Å². The highest BCUT2D eigenvalue weighted by molar-refractivity contribution is 6.17. The van der Waals surface area contributed by atoms with Gasteiger partial charge in [0.05, 0.1) is 14.2 Å². The summed E-state index contributed by atoms with van der Waals surface area (Å²) < 4.78 is 54.1. The first kappa shape index (κ1) is 24.6. The van der Waals surface area contributed by atoms with E-state index in [0.717, 1.165) is 24.2 Å². The van der Waals surface area contributed by atoms with Crippen molar-refractivity contribution in [2.75, 3.05) is 14.2 Å². The van der Waals surface area contributed by atoms with Crippen LogP contribution in [-0.4, -0.2) is 54.7 Å². The number of hydrogen-bond donors (Lipinski definition) is 1. The largest absolute Gasteiger partial charge is 0.493 e. The third kappa shape index (κ3) is 4.44. The summed E-state index contributed by atoms with van der Waals surface area (Å²) in [5.41, 5.74) is -3.20. The van der Waals surface area contributed by atoms with Gasteiger partial charge in [-0.3, -0.25) is 14.5 Å². The number of carbonyl (C=O) groups is 2. The van der Waals surface area contributed by atoms with Gasteiger partial charge >= 0.3 is 11.8 Å². The maximum Gasteiger partial charge on any atom is 0.442 e. The van der Waals surface area contributed by atoms with Crippen LogP contribution in [0.3, 0.4) is 0 Å². The second kappa shape index (κ2) is 9.59. The van der Waals surface area contributed by atoms with Gasteiger partial charge in [0.15, 0.2) is 11.5 Å². The quantitative estimate of drug-likeness (QED) is 0.656. The maximum atomic E-state index is 14.6. The number of benzene rings is 2. The number of hydrogen-bond acceptors (Lipinski definition) is 5. The number of rotatable bonds is 6. The van der Waals surface area contributed by atoms with Crippen LogP contribution in [0.5, 0.6) is 11.5 Å². The number of aliphatic imine (C=N–C) groups is 1. The maximum absolute atomic E-state index is 14.6. The van der Waals surface area contributed by atoms with Crippen molar-refractivity contribution in [3.05, 3.63) is 59.7 Å². The molecule has 2 aromatic carbocycles. The molecule has 2 amide bonds. The molecule has 2 aliphatic rings. The lowest BCUT2D eigenvalue weighted by Crippen LogP contribution is -2.64. The first-order valence-electron chi connectivity index (χ1n) is 11.3. The van der Waals surface area contributed by atoms with Gasteiger partial charge < -0.3 is 14.8 Å². The standard InChI is InChI=1S/C25H26F3N3O4/c1-34-19-14-13-17(15-20(19)35-2)22(32)30-24(25(26,27)28)23(33)31(18-11-7-4-8-12-18)21(29-24)16-9-5-3-6-10-16/h3,5-6,9-10,13-15,18H,4,7-8,11-12H2,1-2H3,(H,30,32). The number of amidine groups is 1. The summed E-state index contributed by atoms with van der Waals surface area (Å²) in [4.78, 5) is 31.7. The highest BCUT2D eigenvalue weighted by Crippen LogP contribution is 2.41. The fourth-order valence-electron chi connectivity index (χ4n) is 4.55. The van der Waals surface area contributed by atoms with E-state index in [1.807, 2.05) is 5.32 Å². The average Bonchev–Trinajstić information content (AvgIpc) is 3.17. The van der Waals surface area contributed by atoms with Crippen LogP contribution in [-0.2, 0) is 4.79 Å². The summed E-state index contributed by atoms with van der Waals surface area (Å²) in [5.74, 6) is -2.04. The Morgan fingerprint density at radius 3 is 2.29 bits per heavy atom. The van der Waals surface area contributed by atoms with Crippen molar-refractivity contribution in [3.63, 3.8) is 0 Å². The van der Waals surface area contributed by atoms with Crippen molar-refractivity contribution in [1.29, 1.82) is 0 Å². The first-order valence-corrected chi connectivity index (χ1v) is 11.3. The zero-order valence-corrected chi connectivity index (χ0v) is 19.4. The number of nitrogens with one attached hydrogen (secondary N) is 1. The number of nitrogens with zero attached hydrogens (tertiary/aromatic N) is 2. The fraction of sp³-hybridized carbons (Fsp3) is 0.400. The Labute approximate surface area is 200 Å². The minimum Gasteiger partial charge on any atom is -0.493 e. The first-order chi connectivity index (χ1) is 16.7. The summed E-state index contributed by atoms with van der Waals surface area (Å²) >= 11 is 0. The molecule has 186 valence electrons. The van der Waals surface area contributed by atoms with E-state index in [1.165, 1.54) is 32.4 Å². The van der Waals surface area contributed by atoms with Gasteiger partial charge in [0.1, 0.15) is 5.84 Å². The summed E-state index contributed by atoms with van der Waals surface area (Å²) in [5, 5.41) is 1.92.